The van der Waals surface area contributed by atoms with Crippen molar-refractivity contribution in [2.75, 3.05) is 12.4 Å². The fourth-order valence-corrected chi connectivity index (χ4v) is 3.37. The second-order valence-corrected chi connectivity index (χ2v) is 9.15. The van der Waals surface area contributed by atoms with E-state index in [4.69, 9.17) is 16.3 Å². The number of aromatic amines is 1. The van der Waals surface area contributed by atoms with E-state index in [0.29, 0.717) is 10.8 Å². The van der Waals surface area contributed by atoms with E-state index >= 15 is 0 Å². The topological polar surface area (TPSA) is 54.1 Å². The fourth-order valence-electron chi connectivity index (χ4n) is 3.23. The maximum Gasteiger partial charge on any atom is 0.235 e. The number of anilines is 1. The number of methoxy groups -OCH3 is 1. The molecule has 1 saturated carbocycles. The number of hydrogen-bond donors (Lipinski definition) is 2. The zero-order valence-corrected chi connectivity index (χ0v) is 18.5. The molecule has 0 spiro atoms. The predicted octanol–water partition coefficient (Wildman–Crippen LogP) is 6.41. The number of carbonyl (C=O) groups is 1. The Bertz CT molecular complexity index is 1020. The summed E-state index contributed by atoms with van der Waals surface area (Å²) in [5.41, 5.74) is 3.27. The number of carbonyl (C=O) groups excluding carboxylic acids is 1. The summed E-state index contributed by atoms with van der Waals surface area (Å²) >= 11 is 6.17. The zero-order chi connectivity index (χ0) is 21.4. The van der Waals surface area contributed by atoms with E-state index < -0.39 is 5.41 Å². The van der Waals surface area contributed by atoms with Gasteiger partial charge >= 0.3 is 0 Å². The van der Waals surface area contributed by atoms with E-state index in [0.717, 1.165) is 35.0 Å². The van der Waals surface area contributed by atoms with Gasteiger partial charge in [0, 0.05) is 27.7 Å². The van der Waals surface area contributed by atoms with E-state index in [1.54, 1.807) is 20.1 Å². The van der Waals surface area contributed by atoms with Gasteiger partial charge in [-0.25, -0.2) is 0 Å². The van der Waals surface area contributed by atoms with Gasteiger partial charge in [0.1, 0.15) is 5.76 Å². The highest BCUT2D eigenvalue weighted by atomic mass is 35.5. The number of nitrogens with one attached hydrogen (secondary N) is 2. The number of H-pyrrole nitrogens is 1. The van der Waals surface area contributed by atoms with Gasteiger partial charge < -0.3 is 15.0 Å². The number of amides is 1. The normalized spacial score (nSPS) is 16.6. The number of aromatic nitrogens is 1. The van der Waals surface area contributed by atoms with Crippen LogP contribution in [0.25, 0.3) is 10.9 Å². The Morgan fingerprint density at radius 2 is 1.97 bits per heavy atom. The van der Waals surface area contributed by atoms with Crippen LogP contribution in [0.15, 0.2) is 59.4 Å². The van der Waals surface area contributed by atoms with Crippen molar-refractivity contribution in [2.45, 2.75) is 46.0 Å². The van der Waals surface area contributed by atoms with Gasteiger partial charge in [0.2, 0.25) is 5.91 Å². The van der Waals surface area contributed by atoms with Gasteiger partial charge in [-0.15, -0.1) is 0 Å². The van der Waals surface area contributed by atoms with Gasteiger partial charge in [-0.2, -0.15) is 0 Å². The summed E-state index contributed by atoms with van der Waals surface area (Å²) < 4.78 is 5.11. The van der Waals surface area contributed by atoms with Gasteiger partial charge in [-0.1, -0.05) is 45.0 Å². The van der Waals surface area contributed by atoms with Crippen LogP contribution >= 0.6 is 11.6 Å². The second kappa shape index (κ2) is 7.75. The SMILES string of the molecule is C=C(/C=C\C(Cl)=C(/C)OC)C1(C(=O)Nc2ccc3[nH]c(C(C)(C)C)cc3c2)CC1. The minimum absolute atomic E-state index is 0.0263. The third kappa shape index (κ3) is 4.43. The third-order valence-corrected chi connectivity index (χ3v) is 5.95. The van der Waals surface area contributed by atoms with Crippen LogP contribution in [0.4, 0.5) is 5.69 Å². The van der Waals surface area contributed by atoms with Crippen LogP contribution in [0, 0.1) is 5.41 Å². The Morgan fingerprint density at radius 3 is 2.55 bits per heavy atom. The molecule has 0 unspecified atom stereocenters. The predicted molar refractivity (Wildman–Crippen MR) is 121 cm³/mol. The van der Waals surface area contributed by atoms with Gasteiger partial charge in [-0.05, 0) is 55.7 Å². The summed E-state index contributed by atoms with van der Waals surface area (Å²) in [6.07, 6.45) is 5.11. The highest BCUT2D eigenvalue weighted by Crippen LogP contribution is 2.52. The molecule has 1 aliphatic rings. The molecule has 4 nitrogen and oxygen atoms in total. The first-order valence-electron chi connectivity index (χ1n) is 9.79. The number of benzene rings is 1. The van der Waals surface area contributed by atoms with Gasteiger partial charge in [-0.3, -0.25) is 4.79 Å². The van der Waals surface area contributed by atoms with Crippen molar-refractivity contribution in [3.8, 4) is 0 Å². The molecule has 5 heteroatoms. The van der Waals surface area contributed by atoms with Gasteiger partial charge in [0.15, 0.2) is 0 Å². The standard InChI is InChI=1S/C24H29ClN2O2/c1-15(7-9-19(25)16(2)29-6)24(11-12-24)22(28)26-18-8-10-20-17(13-18)14-21(27-20)23(3,4)5/h7-10,13-14,27H,1,11-12H2,2-6H3,(H,26,28)/b9-7-,19-16-. The Morgan fingerprint density at radius 1 is 1.28 bits per heavy atom. The van der Waals surface area contributed by atoms with E-state index in [1.807, 2.05) is 24.3 Å². The summed E-state index contributed by atoms with van der Waals surface area (Å²) in [6.45, 7) is 12.4. The molecule has 0 saturated heterocycles. The Hall–Kier alpha value is -2.46. The van der Waals surface area contributed by atoms with Crippen LogP contribution in [0.2, 0.25) is 0 Å². The minimum Gasteiger partial charge on any atom is -0.500 e. The second-order valence-electron chi connectivity index (χ2n) is 8.74. The molecule has 154 valence electrons. The van der Waals surface area contributed by atoms with Gasteiger partial charge in [0.25, 0.3) is 0 Å². The largest absolute Gasteiger partial charge is 0.500 e. The monoisotopic (exact) mass is 412 g/mol. The van der Waals surface area contributed by atoms with E-state index in [2.05, 4.69) is 43.7 Å². The first-order chi connectivity index (χ1) is 13.6. The zero-order valence-electron chi connectivity index (χ0n) is 17.8. The average molecular weight is 413 g/mol. The first kappa shape index (κ1) is 21.3. The lowest BCUT2D eigenvalue weighted by Gasteiger charge is -2.16. The molecule has 1 amide bonds. The molecule has 3 rings (SSSR count). The lowest BCUT2D eigenvalue weighted by atomic mass is 9.92. The minimum atomic E-state index is -0.557. The van der Waals surface area contributed by atoms with Crippen molar-refractivity contribution < 1.29 is 9.53 Å². The Kier molecular flexibility index (Phi) is 5.68. The van der Waals surface area contributed by atoms with Crippen LogP contribution in [0.5, 0.6) is 0 Å². The van der Waals surface area contributed by atoms with Gasteiger partial charge in [0.05, 0.1) is 17.6 Å². The maximum absolute atomic E-state index is 13.0. The highest BCUT2D eigenvalue weighted by Gasteiger charge is 2.51. The molecule has 1 aromatic carbocycles. The summed E-state index contributed by atoms with van der Waals surface area (Å²) in [5, 5.41) is 4.65. The highest BCUT2D eigenvalue weighted by molar-refractivity contribution is 6.31. The van der Waals surface area contributed by atoms with Crippen LogP contribution in [0.3, 0.4) is 0 Å². The summed E-state index contributed by atoms with van der Waals surface area (Å²) in [7, 11) is 1.57. The molecule has 0 bridgehead atoms. The van der Waals surface area contributed by atoms with Crippen molar-refractivity contribution >= 4 is 34.1 Å². The molecule has 1 aromatic heterocycles. The Balaban J connectivity index is 1.75. The lowest BCUT2D eigenvalue weighted by Crippen LogP contribution is -2.25. The number of halogens is 1. The van der Waals surface area contributed by atoms with Crippen LogP contribution in [0.1, 0.15) is 46.2 Å². The van der Waals surface area contributed by atoms with Crippen molar-refractivity contribution in [3.05, 3.63) is 65.1 Å². The average Bonchev–Trinajstić information content (AvgIpc) is 3.37. The van der Waals surface area contributed by atoms with Crippen LogP contribution < -0.4 is 5.32 Å². The smallest absolute Gasteiger partial charge is 0.235 e. The summed E-state index contributed by atoms with van der Waals surface area (Å²) in [5.74, 6) is 0.598. The molecule has 0 atom stereocenters. The van der Waals surface area contributed by atoms with E-state index in [9.17, 15) is 4.79 Å². The molecular formula is C24H29ClN2O2. The number of fused-ring (bicyclic) bond motifs is 1. The molecule has 29 heavy (non-hydrogen) atoms. The molecule has 0 radical (unpaired) electrons. The van der Waals surface area contributed by atoms with Crippen LogP contribution in [-0.4, -0.2) is 18.0 Å². The molecule has 2 aromatic rings. The molecule has 1 heterocycles. The molecule has 1 fully saturated rings. The van der Waals surface area contributed by atoms with Crippen molar-refractivity contribution in [3.63, 3.8) is 0 Å². The third-order valence-electron chi connectivity index (χ3n) is 5.56. The summed E-state index contributed by atoms with van der Waals surface area (Å²) in [6, 6.07) is 8.09. The van der Waals surface area contributed by atoms with Crippen molar-refractivity contribution in [1.29, 1.82) is 0 Å². The molecule has 1 aliphatic carbocycles. The quantitative estimate of drug-likeness (QED) is 0.425. The van der Waals surface area contributed by atoms with E-state index in [-0.39, 0.29) is 11.3 Å². The Labute approximate surface area is 177 Å². The number of ether oxygens (including phenoxy) is 1. The number of rotatable bonds is 6. The summed E-state index contributed by atoms with van der Waals surface area (Å²) in [4.78, 5) is 16.4. The maximum atomic E-state index is 13.0. The lowest BCUT2D eigenvalue weighted by molar-refractivity contribution is -0.119. The molecular weight excluding hydrogens is 384 g/mol. The molecule has 0 aliphatic heterocycles. The van der Waals surface area contributed by atoms with Crippen molar-refractivity contribution in [1.82, 2.24) is 4.98 Å². The van der Waals surface area contributed by atoms with E-state index in [1.165, 1.54) is 5.69 Å². The van der Waals surface area contributed by atoms with Crippen molar-refractivity contribution in [2.24, 2.45) is 5.41 Å². The number of hydrogen-bond acceptors (Lipinski definition) is 2. The fraction of sp³-hybridized carbons (Fsp3) is 0.375. The van der Waals surface area contributed by atoms with Crippen LogP contribution in [-0.2, 0) is 14.9 Å². The first-order valence-corrected chi connectivity index (χ1v) is 10.2. The molecule has 2 N–H and O–H groups in total. The number of allylic oxidation sites excluding steroid dienone is 4.